The van der Waals surface area contributed by atoms with E-state index in [2.05, 4.69) is 5.32 Å². The third-order valence-corrected chi connectivity index (χ3v) is 4.88. The van der Waals surface area contributed by atoms with Gasteiger partial charge in [0, 0.05) is 5.56 Å². The van der Waals surface area contributed by atoms with Gasteiger partial charge in [-0.2, -0.15) is 0 Å². The van der Waals surface area contributed by atoms with Crippen LogP contribution >= 0.6 is 0 Å². The highest BCUT2D eigenvalue weighted by molar-refractivity contribution is 7.91. The van der Waals surface area contributed by atoms with Gasteiger partial charge in [0.25, 0.3) is 5.91 Å². The van der Waals surface area contributed by atoms with Crippen LogP contribution in [0.5, 0.6) is 0 Å². The fourth-order valence-electron chi connectivity index (χ4n) is 1.93. The molecule has 0 saturated heterocycles. The molecule has 0 aliphatic rings. The molecular weight excluding hydrogens is 306 g/mol. The van der Waals surface area contributed by atoms with E-state index in [1.54, 1.807) is 0 Å². The average molecular weight is 327 g/mol. The van der Waals surface area contributed by atoms with Gasteiger partial charge in [0.15, 0.2) is 9.84 Å². The molecule has 0 fully saturated rings. The maximum Gasteiger partial charge on any atom is 0.326 e. The van der Waals surface area contributed by atoms with Gasteiger partial charge in [-0.05, 0) is 30.5 Å². The van der Waals surface area contributed by atoms with Crippen LogP contribution in [0.25, 0.3) is 0 Å². The van der Waals surface area contributed by atoms with Crippen LogP contribution in [-0.2, 0) is 14.6 Å². The van der Waals surface area contributed by atoms with Crippen molar-refractivity contribution in [3.8, 4) is 0 Å². The van der Waals surface area contributed by atoms with E-state index in [0.29, 0.717) is 6.42 Å². The zero-order valence-electron chi connectivity index (χ0n) is 12.9. The van der Waals surface area contributed by atoms with Crippen molar-refractivity contribution in [2.75, 3.05) is 5.75 Å². The number of carbonyl (C=O) groups is 2. The molecule has 0 aromatic heterocycles. The average Bonchev–Trinajstić information content (AvgIpc) is 2.46. The summed E-state index contributed by atoms with van der Waals surface area (Å²) in [5, 5.41) is 11.6. The minimum absolute atomic E-state index is 0.0541. The lowest BCUT2D eigenvalue weighted by molar-refractivity contribution is -0.139. The van der Waals surface area contributed by atoms with Gasteiger partial charge in [-0.1, -0.05) is 26.8 Å². The van der Waals surface area contributed by atoms with Crippen molar-refractivity contribution in [3.63, 3.8) is 0 Å². The molecule has 0 spiro atoms. The number of aliphatic carboxylic acids is 1. The van der Waals surface area contributed by atoms with Gasteiger partial charge in [0.2, 0.25) is 0 Å². The molecule has 1 aromatic rings. The number of amides is 1. The monoisotopic (exact) mass is 327 g/mol. The lowest BCUT2D eigenvalue weighted by atomic mass is 10.0. The van der Waals surface area contributed by atoms with Crippen LogP contribution in [0, 0.1) is 5.92 Å². The van der Waals surface area contributed by atoms with Crippen molar-refractivity contribution in [2.24, 2.45) is 5.92 Å². The summed E-state index contributed by atoms with van der Waals surface area (Å²) >= 11 is 0. The van der Waals surface area contributed by atoms with Crippen LogP contribution in [0.1, 0.15) is 37.6 Å². The Morgan fingerprint density at radius 1 is 1.27 bits per heavy atom. The molecule has 0 heterocycles. The van der Waals surface area contributed by atoms with E-state index < -0.39 is 27.8 Å². The van der Waals surface area contributed by atoms with E-state index in [-0.39, 0.29) is 22.1 Å². The normalized spacial score (nSPS) is 12.9. The Bertz CT molecular complexity index is 652. The van der Waals surface area contributed by atoms with Crippen molar-refractivity contribution >= 4 is 21.7 Å². The molecule has 7 heteroatoms. The zero-order valence-corrected chi connectivity index (χ0v) is 13.7. The molecule has 0 aliphatic heterocycles. The molecule has 1 rings (SSSR count). The van der Waals surface area contributed by atoms with Crippen molar-refractivity contribution in [3.05, 3.63) is 29.8 Å². The van der Waals surface area contributed by atoms with E-state index >= 15 is 0 Å². The van der Waals surface area contributed by atoms with E-state index in [1.807, 2.05) is 13.8 Å². The second-order valence-electron chi connectivity index (χ2n) is 5.43. The molecule has 2 N–H and O–H groups in total. The molecule has 0 aliphatic carbocycles. The van der Waals surface area contributed by atoms with Gasteiger partial charge >= 0.3 is 5.97 Å². The molecule has 22 heavy (non-hydrogen) atoms. The molecule has 1 aromatic carbocycles. The third kappa shape index (κ3) is 4.84. The van der Waals surface area contributed by atoms with Crippen molar-refractivity contribution < 1.29 is 23.1 Å². The largest absolute Gasteiger partial charge is 0.480 e. The second-order valence-corrected chi connectivity index (χ2v) is 7.70. The highest BCUT2D eigenvalue weighted by atomic mass is 32.2. The number of carbonyl (C=O) groups excluding carboxylic acids is 1. The van der Waals surface area contributed by atoms with Crippen LogP contribution in [0.2, 0.25) is 0 Å². The first-order valence-corrected chi connectivity index (χ1v) is 8.69. The van der Waals surface area contributed by atoms with Crippen LogP contribution in [0.4, 0.5) is 0 Å². The Labute approximate surface area is 130 Å². The Hall–Kier alpha value is -1.89. The van der Waals surface area contributed by atoms with Crippen LogP contribution in [0.15, 0.2) is 29.2 Å². The lowest BCUT2D eigenvalue weighted by Gasteiger charge is -2.16. The van der Waals surface area contributed by atoms with E-state index in [4.69, 9.17) is 5.11 Å². The molecular formula is C15H21NO5S. The van der Waals surface area contributed by atoms with E-state index in [9.17, 15) is 18.0 Å². The van der Waals surface area contributed by atoms with Crippen molar-refractivity contribution in [1.82, 2.24) is 5.32 Å². The van der Waals surface area contributed by atoms with E-state index in [1.165, 1.54) is 31.2 Å². The predicted octanol–water partition coefficient (Wildman–Crippen LogP) is 1.71. The first-order chi connectivity index (χ1) is 10.2. The SMILES string of the molecule is CCS(=O)(=O)c1cccc(C(=O)N[C@H](CC(C)C)C(=O)O)c1. The summed E-state index contributed by atoms with van der Waals surface area (Å²) in [6, 6.07) is 4.61. The zero-order chi connectivity index (χ0) is 16.9. The molecule has 0 radical (unpaired) electrons. The van der Waals surface area contributed by atoms with Crippen LogP contribution in [-0.4, -0.2) is 37.2 Å². The standard InChI is InChI=1S/C15H21NO5S/c1-4-22(20,21)12-7-5-6-11(9-12)14(17)16-13(15(18)19)8-10(2)3/h5-7,9-10,13H,4,8H2,1-3H3,(H,16,17)(H,18,19)/t13-/m1/s1. The topological polar surface area (TPSA) is 101 Å². The summed E-state index contributed by atoms with van der Waals surface area (Å²) in [6.07, 6.45) is 0.300. The van der Waals surface area contributed by atoms with Crippen LogP contribution < -0.4 is 5.32 Å². The maximum absolute atomic E-state index is 12.1. The number of hydrogen-bond acceptors (Lipinski definition) is 4. The molecule has 0 unspecified atom stereocenters. The third-order valence-electron chi connectivity index (χ3n) is 3.15. The van der Waals surface area contributed by atoms with Gasteiger partial charge in [-0.3, -0.25) is 4.79 Å². The number of nitrogens with one attached hydrogen (secondary N) is 1. The van der Waals surface area contributed by atoms with Crippen molar-refractivity contribution in [1.29, 1.82) is 0 Å². The first kappa shape index (κ1) is 18.2. The van der Waals surface area contributed by atoms with Gasteiger partial charge in [-0.25, -0.2) is 13.2 Å². The summed E-state index contributed by atoms with van der Waals surface area (Å²) in [5.41, 5.74) is 0.129. The Balaban J connectivity index is 2.98. The molecule has 0 bridgehead atoms. The number of hydrogen-bond donors (Lipinski definition) is 2. The van der Waals surface area contributed by atoms with Gasteiger partial charge < -0.3 is 10.4 Å². The molecule has 1 atom stereocenters. The molecule has 0 saturated carbocycles. The second kappa shape index (κ2) is 7.40. The maximum atomic E-state index is 12.1. The lowest BCUT2D eigenvalue weighted by Crippen LogP contribution is -2.41. The summed E-state index contributed by atoms with van der Waals surface area (Å²) in [5.74, 6) is -1.67. The summed E-state index contributed by atoms with van der Waals surface area (Å²) < 4.78 is 23.7. The predicted molar refractivity (Wildman–Crippen MR) is 82.5 cm³/mol. The number of sulfone groups is 1. The minimum atomic E-state index is -3.41. The number of rotatable bonds is 7. The van der Waals surface area contributed by atoms with Gasteiger partial charge in [0.05, 0.1) is 10.6 Å². The number of benzene rings is 1. The molecule has 122 valence electrons. The Morgan fingerprint density at radius 3 is 2.41 bits per heavy atom. The number of carboxylic acid groups (broad SMARTS) is 1. The quantitative estimate of drug-likeness (QED) is 0.794. The fraction of sp³-hybridized carbons (Fsp3) is 0.467. The summed E-state index contributed by atoms with van der Waals surface area (Å²) in [7, 11) is -3.41. The van der Waals surface area contributed by atoms with E-state index in [0.717, 1.165) is 0 Å². The fourth-order valence-corrected chi connectivity index (χ4v) is 2.86. The number of carboxylic acids is 1. The van der Waals surface area contributed by atoms with Gasteiger partial charge in [0.1, 0.15) is 6.04 Å². The smallest absolute Gasteiger partial charge is 0.326 e. The first-order valence-electron chi connectivity index (χ1n) is 7.04. The highest BCUT2D eigenvalue weighted by Gasteiger charge is 2.22. The van der Waals surface area contributed by atoms with Crippen LogP contribution in [0.3, 0.4) is 0 Å². The molecule has 1 amide bonds. The highest BCUT2D eigenvalue weighted by Crippen LogP contribution is 2.14. The van der Waals surface area contributed by atoms with Gasteiger partial charge in [-0.15, -0.1) is 0 Å². The summed E-state index contributed by atoms with van der Waals surface area (Å²) in [6.45, 7) is 5.23. The Morgan fingerprint density at radius 2 is 1.91 bits per heavy atom. The minimum Gasteiger partial charge on any atom is -0.480 e. The summed E-state index contributed by atoms with van der Waals surface area (Å²) in [4.78, 5) is 23.4. The Kier molecular flexibility index (Phi) is 6.11. The molecule has 6 nitrogen and oxygen atoms in total. The van der Waals surface area contributed by atoms with Crippen molar-refractivity contribution in [2.45, 2.75) is 38.1 Å².